The second-order valence-corrected chi connectivity index (χ2v) is 6.33. The van der Waals surface area contributed by atoms with Crippen LogP contribution in [0.15, 0.2) is 47.4 Å². The van der Waals surface area contributed by atoms with E-state index in [-0.39, 0.29) is 5.75 Å². The van der Waals surface area contributed by atoms with Gasteiger partial charge < -0.3 is 4.18 Å². The molecule has 19 heavy (non-hydrogen) atoms. The van der Waals surface area contributed by atoms with Crippen molar-refractivity contribution >= 4 is 32.7 Å². The molecule has 0 aliphatic heterocycles. The Bertz CT molecular complexity index is 717. The fraction of sp³-hybridized carbons (Fsp3) is 0. The SMILES string of the molecule is O=S(=O)(Oc1cccc(I)c1)c1cc(F)ccc1F. The molecule has 2 rings (SSSR count). The molecule has 0 amide bonds. The molecular weight excluding hydrogens is 389 g/mol. The molecule has 0 unspecified atom stereocenters. The second kappa shape index (κ2) is 5.41. The van der Waals surface area contributed by atoms with E-state index in [2.05, 4.69) is 0 Å². The van der Waals surface area contributed by atoms with Crippen LogP contribution >= 0.6 is 22.6 Å². The zero-order chi connectivity index (χ0) is 14.0. The standard InChI is InChI=1S/C12H7F2IO3S/c13-8-4-5-11(14)12(6-8)19(16,17)18-10-3-1-2-9(15)7-10/h1-7H. The van der Waals surface area contributed by atoms with Crippen LogP contribution in [-0.4, -0.2) is 8.42 Å². The van der Waals surface area contributed by atoms with Gasteiger partial charge in [0.25, 0.3) is 0 Å². The molecular formula is C12H7F2IO3S. The first-order chi connectivity index (χ1) is 8.88. The van der Waals surface area contributed by atoms with Gasteiger partial charge in [0.2, 0.25) is 0 Å². The van der Waals surface area contributed by atoms with E-state index >= 15 is 0 Å². The highest BCUT2D eigenvalue weighted by molar-refractivity contribution is 14.1. The van der Waals surface area contributed by atoms with E-state index < -0.39 is 26.6 Å². The Morgan fingerprint density at radius 3 is 2.47 bits per heavy atom. The van der Waals surface area contributed by atoms with Crippen molar-refractivity contribution in [1.29, 1.82) is 0 Å². The molecule has 7 heteroatoms. The molecule has 0 N–H and O–H groups in total. The van der Waals surface area contributed by atoms with E-state index in [1.807, 2.05) is 22.6 Å². The quantitative estimate of drug-likeness (QED) is 0.591. The van der Waals surface area contributed by atoms with Crippen LogP contribution in [0.25, 0.3) is 0 Å². The summed E-state index contributed by atoms with van der Waals surface area (Å²) >= 11 is 1.97. The average molecular weight is 396 g/mol. The van der Waals surface area contributed by atoms with Crippen molar-refractivity contribution in [2.24, 2.45) is 0 Å². The maximum atomic E-state index is 13.4. The van der Waals surface area contributed by atoms with Gasteiger partial charge in [-0.25, -0.2) is 8.78 Å². The van der Waals surface area contributed by atoms with Gasteiger partial charge in [-0.2, -0.15) is 8.42 Å². The summed E-state index contributed by atoms with van der Waals surface area (Å²) in [5, 5.41) is 0. The monoisotopic (exact) mass is 396 g/mol. The molecule has 0 fully saturated rings. The molecule has 0 bridgehead atoms. The molecule has 0 aromatic heterocycles. The highest BCUT2D eigenvalue weighted by Gasteiger charge is 2.22. The summed E-state index contributed by atoms with van der Waals surface area (Å²) in [6, 6.07) is 8.36. The predicted octanol–water partition coefficient (Wildman–Crippen LogP) is 3.34. The van der Waals surface area contributed by atoms with Crippen LogP contribution in [0, 0.1) is 15.2 Å². The lowest BCUT2D eigenvalue weighted by molar-refractivity contribution is 0.473. The summed E-state index contributed by atoms with van der Waals surface area (Å²) in [5.41, 5.74) is 0. The summed E-state index contributed by atoms with van der Waals surface area (Å²) in [6.45, 7) is 0. The Balaban J connectivity index is 2.40. The summed E-state index contributed by atoms with van der Waals surface area (Å²) in [4.78, 5) is -0.827. The van der Waals surface area contributed by atoms with Gasteiger partial charge in [-0.15, -0.1) is 0 Å². The van der Waals surface area contributed by atoms with Gasteiger partial charge >= 0.3 is 10.1 Å². The van der Waals surface area contributed by atoms with Crippen molar-refractivity contribution in [3.8, 4) is 5.75 Å². The third-order valence-corrected chi connectivity index (χ3v) is 4.10. The Kier molecular flexibility index (Phi) is 4.04. The first-order valence-corrected chi connectivity index (χ1v) is 7.52. The van der Waals surface area contributed by atoms with Gasteiger partial charge in [0.05, 0.1) is 0 Å². The summed E-state index contributed by atoms with van der Waals surface area (Å²) in [5.74, 6) is -1.88. The van der Waals surface area contributed by atoms with Gasteiger partial charge in [0.15, 0.2) is 0 Å². The van der Waals surface area contributed by atoms with E-state index in [4.69, 9.17) is 4.18 Å². The van der Waals surface area contributed by atoms with Crippen molar-refractivity contribution in [2.75, 3.05) is 0 Å². The van der Waals surface area contributed by atoms with Crippen LogP contribution < -0.4 is 4.18 Å². The lowest BCUT2D eigenvalue weighted by Crippen LogP contribution is -2.12. The molecule has 0 saturated carbocycles. The molecule has 0 heterocycles. The Hall–Kier alpha value is -1.22. The van der Waals surface area contributed by atoms with Crippen LogP contribution in [0.5, 0.6) is 5.75 Å². The molecule has 3 nitrogen and oxygen atoms in total. The lowest BCUT2D eigenvalue weighted by atomic mass is 10.3. The van der Waals surface area contributed by atoms with Crippen LogP contribution in [-0.2, 0) is 10.1 Å². The third-order valence-electron chi connectivity index (χ3n) is 2.16. The first-order valence-electron chi connectivity index (χ1n) is 5.03. The summed E-state index contributed by atoms with van der Waals surface area (Å²) in [7, 11) is -4.40. The topological polar surface area (TPSA) is 43.4 Å². The third kappa shape index (κ3) is 3.41. The highest BCUT2D eigenvalue weighted by atomic mass is 127. The minimum absolute atomic E-state index is 0.0376. The molecule has 0 atom stereocenters. The molecule has 100 valence electrons. The van der Waals surface area contributed by atoms with Crippen molar-refractivity contribution in [3.63, 3.8) is 0 Å². The van der Waals surface area contributed by atoms with Crippen molar-refractivity contribution < 1.29 is 21.4 Å². The van der Waals surface area contributed by atoms with Crippen LogP contribution in [0.4, 0.5) is 8.78 Å². The number of benzene rings is 2. The van der Waals surface area contributed by atoms with Crippen molar-refractivity contribution in [3.05, 3.63) is 57.7 Å². The zero-order valence-electron chi connectivity index (χ0n) is 9.31. The number of rotatable bonds is 3. The van der Waals surface area contributed by atoms with Crippen LogP contribution in [0.3, 0.4) is 0 Å². The van der Waals surface area contributed by atoms with Gasteiger partial charge in [-0.3, -0.25) is 0 Å². The second-order valence-electron chi connectivity index (χ2n) is 3.57. The highest BCUT2D eigenvalue weighted by Crippen LogP contribution is 2.22. The maximum absolute atomic E-state index is 13.4. The van der Waals surface area contributed by atoms with Crippen LogP contribution in [0.1, 0.15) is 0 Å². The average Bonchev–Trinajstić information content (AvgIpc) is 2.31. The Labute approximate surface area is 122 Å². The molecule has 0 aliphatic rings. The van der Waals surface area contributed by atoms with Gasteiger partial charge in [-0.1, -0.05) is 6.07 Å². The molecule has 0 spiro atoms. The Morgan fingerprint density at radius 1 is 1.05 bits per heavy atom. The molecule has 2 aromatic rings. The van der Waals surface area contributed by atoms with E-state index in [1.54, 1.807) is 12.1 Å². The van der Waals surface area contributed by atoms with Gasteiger partial charge in [0.1, 0.15) is 22.3 Å². The van der Waals surface area contributed by atoms with E-state index in [1.165, 1.54) is 12.1 Å². The molecule has 0 radical (unpaired) electrons. The lowest BCUT2D eigenvalue weighted by Gasteiger charge is -2.08. The first kappa shape index (κ1) is 14.2. The zero-order valence-corrected chi connectivity index (χ0v) is 12.3. The fourth-order valence-corrected chi connectivity index (χ4v) is 2.88. The van der Waals surface area contributed by atoms with Crippen molar-refractivity contribution in [2.45, 2.75) is 4.90 Å². The smallest absolute Gasteiger partial charge is 0.342 e. The van der Waals surface area contributed by atoms with Crippen LogP contribution in [0.2, 0.25) is 0 Å². The Morgan fingerprint density at radius 2 is 1.79 bits per heavy atom. The van der Waals surface area contributed by atoms with E-state index in [0.29, 0.717) is 6.07 Å². The van der Waals surface area contributed by atoms with Gasteiger partial charge in [-0.05, 0) is 59.0 Å². The molecule has 0 saturated heterocycles. The minimum atomic E-state index is -4.40. The van der Waals surface area contributed by atoms with E-state index in [9.17, 15) is 17.2 Å². The normalized spacial score (nSPS) is 11.3. The maximum Gasteiger partial charge on any atom is 0.342 e. The molecule has 0 aliphatic carbocycles. The minimum Gasteiger partial charge on any atom is -0.379 e. The number of hydrogen-bond acceptors (Lipinski definition) is 3. The van der Waals surface area contributed by atoms with E-state index in [0.717, 1.165) is 15.7 Å². The number of halogens is 3. The summed E-state index contributed by atoms with van der Waals surface area (Å²) < 4.78 is 55.6. The predicted molar refractivity (Wildman–Crippen MR) is 73.3 cm³/mol. The number of hydrogen-bond donors (Lipinski definition) is 0. The summed E-state index contributed by atoms with van der Waals surface area (Å²) in [6.07, 6.45) is 0. The largest absolute Gasteiger partial charge is 0.379 e. The molecule has 2 aromatic carbocycles. The fourth-order valence-electron chi connectivity index (χ4n) is 1.36. The van der Waals surface area contributed by atoms with Gasteiger partial charge in [0, 0.05) is 3.57 Å². The van der Waals surface area contributed by atoms with Crippen molar-refractivity contribution in [1.82, 2.24) is 0 Å².